The zero-order chi connectivity index (χ0) is 10.7. The second kappa shape index (κ2) is 4.94. The Balaban J connectivity index is 1.96. The van der Waals surface area contributed by atoms with Crippen LogP contribution >= 0.6 is 0 Å². The van der Waals surface area contributed by atoms with Gasteiger partial charge in [-0.2, -0.15) is 0 Å². The van der Waals surface area contributed by atoms with Gasteiger partial charge in [-0.3, -0.25) is 4.79 Å². The van der Waals surface area contributed by atoms with E-state index in [1.165, 1.54) is 0 Å². The fraction of sp³-hybridized carbons (Fsp3) is 0.909. The van der Waals surface area contributed by atoms with Gasteiger partial charge in [-0.1, -0.05) is 0 Å². The van der Waals surface area contributed by atoms with Gasteiger partial charge in [-0.25, -0.2) is 0 Å². The molecule has 15 heavy (non-hydrogen) atoms. The maximum atomic E-state index is 12.1. The first kappa shape index (κ1) is 10.9. The molecule has 2 N–H and O–H groups in total. The molecule has 0 aliphatic carbocycles. The van der Waals surface area contributed by atoms with Gasteiger partial charge in [0, 0.05) is 6.54 Å². The highest BCUT2D eigenvalue weighted by Crippen LogP contribution is 2.19. The van der Waals surface area contributed by atoms with Gasteiger partial charge in [0.2, 0.25) is 5.91 Å². The average Bonchev–Trinajstić information content (AvgIpc) is 2.81. The lowest BCUT2D eigenvalue weighted by Gasteiger charge is -2.36. The Morgan fingerprint density at radius 1 is 1.33 bits per heavy atom. The second-order valence-corrected chi connectivity index (χ2v) is 4.51. The molecule has 2 atom stereocenters. The number of hydrogen-bond acceptors (Lipinski definition) is 3. The molecule has 2 heterocycles. The minimum atomic E-state index is 0.0112. The SMILES string of the molecule is O=C([C@@H]1CCCN1)N1CCCCC1CO. The van der Waals surface area contributed by atoms with Gasteiger partial charge in [0.15, 0.2) is 0 Å². The molecule has 1 amide bonds. The zero-order valence-electron chi connectivity index (χ0n) is 9.11. The number of aliphatic hydroxyl groups excluding tert-OH is 1. The Hall–Kier alpha value is -0.610. The molecule has 86 valence electrons. The van der Waals surface area contributed by atoms with Crippen molar-refractivity contribution in [2.45, 2.75) is 44.2 Å². The molecule has 0 aromatic heterocycles. The van der Waals surface area contributed by atoms with Crippen molar-refractivity contribution in [1.29, 1.82) is 0 Å². The monoisotopic (exact) mass is 212 g/mol. The molecule has 0 bridgehead atoms. The van der Waals surface area contributed by atoms with Gasteiger partial charge in [0.1, 0.15) is 0 Å². The zero-order valence-corrected chi connectivity index (χ0v) is 9.11. The number of nitrogens with zero attached hydrogens (tertiary/aromatic N) is 1. The number of amides is 1. The number of rotatable bonds is 2. The van der Waals surface area contributed by atoms with Gasteiger partial charge in [-0.15, -0.1) is 0 Å². The first-order valence-electron chi connectivity index (χ1n) is 5.97. The van der Waals surface area contributed by atoms with E-state index in [-0.39, 0.29) is 24.6 Å². The number of piperidine rings is 1. The van der Waals surface area contributed by atoms with Crippen LogP contribution in [0.3, 0.4) is 0 Å². The molecular weight excluding hydrogens is 192 g/mol. The molecular formula is C11H20N2O2. The summed E-state index contributed by atoms with van der Waals surface area (Å²) in [6, 6.07) is 0.0748. The highest BCUT2D eigenvalue weighted by Gasteiger charge is 2.32. The number of likely N-dealkylation sites (tertiary alicyclic amines) is 1. The van der Waals surface area contributed by atoms with Crippen molar-refractivity contribution in [3.63, 3.8) is 0 Å². The number of hydrogen-bond donors (Lipinski definition) is 2. The molecule has 0 aromatic carbocycles. The van der Waals surface area contributed by atoms with Crippen molar-refractivity contribution in [3.8, 4) is 0 Å². The van der Waals surface area contributed by atoms with Crippen LogP contribution in [0.4, 0.5) is 0 Å². The third kappa shape index (κ3) is 2.32. The number of carbonyl (C=O) groups excluding carboxylic acids is 1. The highest BCUT2D eigenvalue weighted by atomic mass is 16.3. The summed E-state index contributed by atoms with van der Waals surface area (Å²) in [6.45, 7) is 1.88. The number of nitrogens with one attached hydrogen (secondary N) is 1. The van der Waals surface area contributed by atoms with Crippen molar-refractivity contribution < 1.29 is 9.90 Å². The number of aliphatic hydroxyl groups is 1. The van der Waals surface area contributed by atoms with Crippen LogP contribution in [-0.2, 0) is 4.79 Å². The first-order valence-corrected chi connectivity index (χ1v) is 5.97. The largest absolute Gasteiger partial charge is 0.394 e. The third-order valence-corrected chi connectivity index (χ3v) is 3.48. The summed E-state index contributed by atoms with van der Waals surface area (Å²) in [5, 5.41) is 12.5. The second-order valence-electron chi connectivity index (χ2n) is 4.51. The van der Waals surface area contributed by atoms with E-state index in [1.54, 1.807) is 0 Å². The fourth-order valence-electron chi connectivity index (χ4n) is 2.58. The molecule has 4 heteroatoms. The Morgan fingerprint density at radius 3 is 2.87 bits per heavy atom. The predicted molar refractivity (Wildman–Crippen MR) is 57.5 cm³/mol. The van der Waals surface area contributed by atoms with Crippen LogP contribution in [0.5, 0.6) is 0 Å². The average molecular weight is 212 g/mol. The summed E-state index contributed by atoms with van der Waals surface area (Å²) in [5.41, 5.74) is 0. The molecule has 0 saturated carbocycles. The van der Waals surface area contributed by atoms with Gasteiger partial charge in [-0.05, 0) is 38.6 Å². The summed E-state index contributed by atoms with van der Waals surface area (Å²) in [4.78, 5) is 14.0. The molecule has 2 fully saturated rings. The lowest BCUT2D eigenvalue weighted by molar-refractivity contribution is -0.137. The van der Waals surface area contributed by atoms with Crippen molar-refractivity contribution >= 4 is 5.91 Å². The predicted octanol–water partition coefficient (Wildman–Crippen LogP) is 0.112. The molecule has 0 aromatic rings. The summed E-state index contributed by atoms with van der Waals surface area (Å²) in [5.74, 6) is 0.200. The van der Waals surface area contributed by atoms with E-state index < -0.39 is 0 Å². The maximum Gasteiger partial charge on any atom is 0.240 e. The van der Waals surface area contributed by atoms with Crippen LogP contribution in [-0.4, -0.2) is 47.7 Å². The molecule has 0 radical (unpaired) electrons. The van der Waals surface area contributed by atoms with Crippen molar-refractivity contribution in [2.24, 2.45) is 0 Å². The van der Waals surface area contributed by atoms with E-state index in [2.05, 4.69) is 5.32 Å². The molecule has 0 spiro atoms. The van der Waals surface area contributed by atoms with Crippen LogP contribution in [0.2, 0.25) is 0 Å². The van der Waals surface area contributed by atoms with E-state index >= 15 is 0 Å². The minimum Gasteiger partial charge on any atom is -0.394 e. The Morgan fingerprint density at radius 2 is 2.20 bits per heavy atom. The van der Waals surface area contributed by atoms with E-state index in [0.29, 0.717) is 0 Å². The lowest BCUT2D eigenvalue weighted by atomic mass is 10.0. The maximum absolute atomic E-state index is 12.1. The van der Waals surface area contributed by atoms with Gasteiger partial charge >= 0.3 is 0 Å². The van der Waals surface area contributed by atoms with Gasteiger partial charge < -0.3 is 15.3 Å². The molecule has 2 aliphatic heterocycles. The Labute approximate surface area is 90.6 Å². The number of carbonyl (C=O) groups is 1. The smallest absolute Gasteiger partial charge is 0.240 e. The van der Waals surface area contributed by atoms with Gasteiger partial charge in [0.25, 0.3) is 0 Å². The van der Waals surface area contributed by atoms with E-state index in [4.69, 9.17) is 0 Å². The topological polar surface area (TPSA) is 52.6 Å². The van der Waals surface area contributed by atoms with Crippen molar-refractivity contribution in [3.05, 3.63) is 0 Å². The van der Waals surface area contributed by atoms with Crippen LogP contribution in [0.15, 0.2) is 0 Å². The summed E-state index contributed by atoms with van der Waals surface area (Å²) < 4.78 is 0. The van der Waals surface area contributed by atoms with E-state index in [0.717, 1.165) is 45.2 Å². The molecule has 2 saturated heterocycles. The molecule has 2 rings (SSSR count). The van der Waals surface area contributed by atoms with Crippen LogP contribution in [0, 0.1) is 0 Å². The third-order valence-electron chi connectivity index (χ3n) is 3.48. The Kier molecular flexibility index (Phi) is 3.59. The molecule has 2 aliphatic rings. The minimum absolute atomic E-state index is 0.0112. The van der Waals surface area contributed by atoms with Crippen LogP contribution < -0.4 is 5.32 Å². The van der Waals surface area contributed by atoms with Crippen molar-refractivity contribution in [2.75, 3.05) is 19.7 Å². The fourth-order valence-corrected chi connectivity index (χ4v) is 2.58. The summed E-state index contributed by atoms with van der Waals surface area (Å²) in [6.07, 6.45) is 5.21. The standard InChI is InChI=1S/C11H20N2O2/c14-8-9-4-1-2-7-13(9)11(15)10-5-3-6-12-10/h9-10,12,14H,1-8H2/t9?,10-/m0/s1. The molecule has 1 unspecified atom stereocenters. The summed E-state index contributed by atoms with van der Waals surface area (Å²) in [7, 11) is 0. The highest BCUT2D eigenvalue weighted by molar-refractivity contribution is 5.82. The molecule has 4 nitrogen and oxygen atoms in total. The van der Waals surface area contributed by atoms with Crippen LogP contribution in [0.25, 0.3) is 0 Å². The quantitative estimate of drug-likeness (QED) is 0.683. The van der Waals surface area contributed by atoms with Crippen molar-refractivity contribution in [1.82, 2.24) is 10.2 Å². The van der Waals surface area contributed by atoms with Gasteiger partial charge in [0.05, 0.1) is 18.7 Å². The lowest BCUT2D eigenvalue weighted by Crippen LogP contribution is -2.51. The normalized spacial score (nSPS) is 31.9. The first-order chi connectivity index (χ1) is 7.33. The van der Waals surface area contributed by atoms with E-state index in [9.17, 15) is 9.90 Å². The summed E-state index contributed by atoms with van der Waals surface area (Å²) >= 11 is 0. The van der Waals surface area contributed by atoms with E-state index in [1.807, 2.05) is 4.90 Å². The Bertz CT molecular complexity index is 227. The van der Waals surface area contributed by atoms with Crippen LogP contribution in [0.1, 0.15) is 32.1 Å².